The van der Waals surface area contributed by atoms with E-state index in [1.165, 1.54) is 6.07 Å². The number of rotatable bonds is 6. The first kappa shape index (κ1) is 18.7. The van der Waals surface area contributed by atoms with Crippen molar-refractivity contribution in [3.63, 3.8) is 0 Å². The van der Waals surface area contributed by atoms with Crippen molar-refractivity contribution < 1.29 is 37.7 Å². The maximum atomic E-state index is 12.4. The molecule has 0 radical (unpaired) electrons. The average molecular weight is 387 g/mol. The Morgan fingerprint density at radius 1 is 1.36 bits per heavy atom. The number of carbonyl (C=O) groups excluding carboxylic acids is 1. The third kappa shape index (κ3) is 5.82. The van der Waals surface area contributed by atoms with Crippen molar-refractivity contribution in [3.8, 4) is 5.75 Å². The van der Waals surface area contributed by atoms with Crippen molar-refractivity contribution >= 4 is 21.9 Å². The number of ether oxygens (including phenoxy) is 2. The molecule has 0 saturated carbocycles. The summed E-state index contributed by atoms with van der Waals surface area (Å²) in [7, 11) is 0. The van der Waals surface area contributed by atoms with Gasteiger partial charge in [-0.1, -0.05) is 22.0 Å². The van der Waals surface area contributed by atoms with Crippen LogP contribution >= 0.6 is 15.9 Å². The fraction of sp³-hybridized carbons (Fsp3) is 0.462. The summed E-state index contributed by atoms with van der Waals surface area (Å²) in [6, 6.07) is 3.53. The molecule has 2 atom stereocenters. The number of aliphatic hydroxyl groups is 2. The van der Waals surface area contributed by atoms with E-state index in [1.807, 2.05) is 0 Å². The molecule has 1 aromatic rings. The first-order chi connectivity index (χ1) is 10.1. The zero-order chi connectivity index (χ0) is 16.9. The lowest BCUT2D eigenvalue weighted by atomic mass is 10.0. The van der Waals surface area contributed by atoms with Crippen molar-refractivity contribution in [1.29, 1.82) is 0 Å². The van der Waals surface area contributed by atoms with Crippen molar-refractivity contribution in [2.45, 2.75) is 31.9 Å². The quantitative estimate of drug-likeness (QED) is 0.735. The fourth-order valence-electron chi connectivity index (χ4n) is 1.68. The third-order valence-electron chi connectivity index (χ3n) is 2.57. The predicted molar refractivity (Wildman–Crippen MR) is 73.0 cm³/mol. The van der Waals surface area contributed by atoms with Gasteiger partial charge in [0.1, 0.15) is 11.9 Å². The van der Waals surface area contributed by atoms with E-state index in [0.717, 1.165) is 12.1 Å². The summed E-state index contributed by atoms with van der Waals surface area (Å²) in [5.41, 5.74) is -0.294. The van der Waals surface area contributed by atoms with Crippen LogP contribution in [0.15, 0.2) is 22.7 Å². The second-order valence-corrected chi connectivity index (χ2v) is 5.17. The highest BCUT2D eigenvalue weighted by Gasteiger charge is 2.34. The van der Waals surface area contributed by atoms with E-state index in [9.17, 15) is 28.2 Å². The maximum absolute atomic E-state index is 12.4. The fourth-order valence-corrected chi connectivity index (χ4v) is 2.02. The number of alkyl halides is 3. The van der Waals surface area contributed by atoms with Gasteiger partial charge in [0.05, 0.1) is 19.1 Å². The van der Waals surface area contributed by atoms with E-state index >= 15 is 0 Å². The molecule has 0 aliphatic heterocycles. The van der Waals surface area contributed by atoms with Gasteiger partial charge in [-0.05, 0) is 19.1 Å². The Morgan fingerprint density at radius 2 is 2.00 bits per heavy atom. The van der Waals surface area contributed by atoms with Gasteiger partial charge in [-0.3, -0.25) is 4.79 Å². The van der Waals surface area contributed by atoms with Crippen molar-refractivity contribution in [1.82, 2.24) is 0 Å². The molecule has 1 aromatic carbocycles. The van der Waals surface area contributed by atoms with Gasteiger partial charge in [-0.15, -0.1) is 13.2 Å². The molecule has 5 nitrogen and oxygen atoms in total. The average Bonchev–Trinajstić information content (AvgIpc) is 2.36. The van der Waals surface area contributed by atoms with Crippen LogP contribution in [-0.2, 0) is 9.53 Å². The summed E-state index contributed by atoms with van der Waals surface area (Å²) in [5.74, 6) is -1.44. The molecule has 1 rings (SSSR count). The monoisotopic (exact) mass is 386 g/mol. The zero-order valence-corrected chi connectivity index (χ0v) is 13.0. The topological polar surface area (TPSA) is 76.0 Å². The summed E-state index contributed by atoms with van der Waals surface area (Å²) in [6.45, 7) is 1.65. The highest BCUT2D eigenvalue weighted by molar-refractivity contribution is 9.10. The minimum Gasteiger partial charge on any atom is -0.466 e. The van der Waals surface area contributed by atoms with Crippen molar-refractivity contribution in [3.05, 3.63) is 28.2 Å². The lowest BCUT2D eigenvalue weighted by Gasteiger charge is -2.21. The van der Waals surface area contributed by atoms with Crippen LogP contribution in [0.4, 0.5) is 13.2 Å². The normalized spacial score (nSPS) is 14.3. The Labute approximate surface area is 132 Å². The van der Waals surface area contributed by atoms with Crippen molar-refractivity contribution in [2.75, 3.05) is 6.61 Å². The molecule has 9 heteroatoms. The number of carbonyl (C=O) groups is 1. The van der Waals surface area contributed by atoms with Crippen LogP contribution in [-0.4, -0.2) is 35.3 Å². The van der Waals surface area contributed by atoms with Gasteiger partial charge < -0.3 is 19.7 Å². The standard InChI is InChI=1S/C13H14BrF3O5/c1-2-21-11(19)6-9(18)12(20)8-4-3-7(14)5-10(8)22-13(15,16)17/h3-5,9,12,18,20H,2,6H2,1H3. The van der Waals surface area contributed by atoms with Gasteiger partial charge in [-0.25, -0.2) is 0 Å². The van der Waals surface area contributed by atoms with Crippen LogP contribution in [0.1, 0.15) is 25.0 Å². The molecule has 0 aliphatic carbocycles. The van der Waals surface area contributed by atoms with Gasteiger partial charge in [0, 0.05) is 10.0 Å². The van der Waals surface area contributed by atoms with E-state index in [4.69, 9.17) is 0 Å². The van der Waals surface area contributed by atoms with Crippen LogP contribution in [0.2, 0.25) is 0 Å². The number of halogens is 4. The Bertz CT molecular complexity index is 521. The molecule has 0 aromatic heterocycles. The summed E-state index contributed by atoms with van der Waals surface area (Å²) in [4.78, 5) is 11.2. The molecule has 0 fully saturated rings. The molecule has 22 heavy (non-hydrogen) atoms. The molecule has 0 heterocycles. The van der Waals surface area contributed by atoms with Crippen LogP contribution in [0.5, 0.6) is 5.75 Å². The molecular weight excluding hydrogens is 373 g/mol. The molecule has 0 spiro atoms. The Balaban J connectivity index is 2.96. The van der Waals surface area contributed by atoms with Gasteiger partial charge in [0.15, 0.2) is 0 Å². The molecule has 0 saturated heterocycles. The third-order valence-corrected chi connectivity index (χ3v) is 3.06. The first-order valence-corrected chi connectivity index (χ1v) is 7.00. The molecule has 2 unspecified atom stereocenters. The molecular formula is C13H14BrF3O5. The lowest BCUT2D eigenvalue weighted by Crippen LogP contribution is -2.25. The second-order valence-electron chi connectivity index (χ2n) is 4.25. The minimum absolute atomic E-state index is 0.0857. The molecule has 2 N–H and O–H groups in total. The smallest absolute Gasteiger partial charge is 0.466 e. The van der Waals surface area contributed by atoms with E-state index in [-0.39, 0.29) is 12.2 Å². The van der Waals surface area contributed by atoms with Crippen LogP contribution in [0, 0.1) is 0 Å². The lowest BCUT2D eigenvalue weighted by molar-refractivity contribution is -0.275. The molecule has 0 bridgehead atoms. The molecule has 0 aliphatic rings. The largest absolute Gasteiger partial charge is 0.573 e. The maximum Gasteiger partial charge on any atom is 0.573 e. The second kappa shape index (κ2) is 7.80. The Morgan fingerprint density at radius 3 is 2.55 bits per heavy atom. The Kier molecular flexibility index (Phi) is 6.64. The van der Waals surface area contributed by atoms with E-state index in [2.05, 4.69) is 25.4 Å². The number of hydrogen-bond donors (Lipinski definition) is 2. The minimum atomic E-state index is -4.96. The summed E-state index contributed by atoms with van der Waals surface area (Å²) >= 11 is 2.99. The van der Waals surface area contributed by atoms with Gasteiger partial charge in [-0.2, -0.15) is 0 Å². The van der Waals surface area contributed by atoms with Gasteiger partial charge in [0.25, 0.3) is 0 Å². The van der Waals surface area contributed by atoms with Crippen LogP contribution in [0.25, 0.3) is 0 Å². The number of esters is 1. The number of hydrogen-bond acceptors (Lipinski definition) is 5. The van der Waals surface area contributed by atoms with E-state index in [0.29, 0.717) is 4.47 Å². The SMILES string of the molecule is CCOC(=O)CC(O)C(O)c1ccc(Br)cc1OC(F)(F)F. The first-order valence-electron chi connectivity index (χ1n) is 6.21. The van der Waals surface area contributed by atoms with Crippen LogP contribution < -0.4 is 4.74 Å². The predicted octanol–water partition coefficient (Wildman–Crippen LogP) is 2.70. The van der Waals surface area contributed by atoms with E-state index < -0.39 is 36.7 Å². The highest BCUT2D eigenvalue weighted by atomic mass is 79.9. The van der Waals surface area contributed by atoms with E-state index in [1.54, 1.807) is 6.92 Å². The van der Waals surface area contributed by atoms with Crippen LogP contribution in [0.3, 0.4) is 0 Å². The Hall–Kier alpha value is -1.32. The van der Waals surface area contributed by atoms with Gasteiger partial charge in [0.2, 0.25) is 0 Å². The molecule has 0 amide bonds. The van der Waals surface area contributed by atoms with Gasteiger partial charge >= 0.3 is 12.3 Å². The van der Waals surface area contributed by atoms with Crippen molar-refractivity contribution in [2.24, 2.45) is 0 Å². The summed E-state index contributed by atoms with van der Waals surface area (Å²) in [6.07, 6.45) is -8.89. The number of benzene rings is 1. The zero-order valence-electron chi connectivity index (χ0n) is 11.4. The summed E-state index contributed by atoms with van der Waals surface area (Å²) < 4.78 is 45.8. The summed E-state index contributed by atoms with van der Waals surface area (Å²) in [5, 5.41) is 19.7. The highest BCUT2D eigenvalue weighted by Crippen LogP contribution is 2.34. The molecule has 124 valence electrons. The number of aliphatic hydroxyl groups excluding tert-OH is 2.